The van der Waals surface area contributed by atoms with Gasteiger partial charge in [-0.15, -0.1) is 0 Å². The molecule has 2 N–H and O–H groups in total. The van der Waals surface area contributed by atoms with Gasteiger partial charge in [0, 0.05) is 0 Å². The molecule has 0 spiro atoms. The van der Waals surface area contributed by atoms with Gasteiger partial charge in [0.1, 0.15) is 5.82 Å². The zero-order valence-electron chi connectivity index (χ0n) is 8.37. The topological polar surface area (TPSA) is 86.2 Å². The van der Waals surface area contributed by atoms with E-state index in [-0.39, 0.29) is 12.0 Å². The second-order valence-corrected chi connectivity index (χ2v) is 2.99. The third kappa shape index (κ3) is 3.24. The monoisotopic (exact) mass is 240 g/mol. The van der Waals surface area contributed by atoms with Gasteiger partial charge >= 0.3 is 5.69 Å². The van der Waals surface area contributed by atoms with Gasteiger partial charge in [0.05, 0.1) is 23.0 Å². The Hall–Kier alpha value is -2.49. The summed E-state index contributed by atoms with van der Waals surface area (Å²) in [5.74, 6) is 1.44. The van der Waals surface area contributed by atoms with E-state index < -0.39 is 28.2 Å². The molecule has 0 aliphatic rings. The molecule has 0 radical (unpaired) electrons. The summed E-state index contributed by atoms with van der Waals surface area (Å²) in [5, 5.41) is 10.3. The zero-order chi connectivity index (χ0) is 13.0. The number of nitro groups is 1. The number of primary amides is 1. The van der Waals surface area contributed by atoms with Crippen LogP contribution in [0.5, 0.6) is 0 Å². The Balaban J connectivity index is 3.10. The first-order valence-corrected chi connectivity index (χ1v) is 4.32. The van der Waals surface area contributed by atoms with Crippen molar-refractivity contribution in [2.45, 2.75) is 6.42 Å². The minimum absolute atomic E-state index is 0.307. The van der Waals surface area contributed by atoms with Crippen molar-refractivity contribution in [2.75, 3.05) is 0 Å². The lowest BCUT2D eigenvalue weighted by atomic mass is 10.2. The lowest BCUT2D eigenvalue weighted by molar-refractivity contribution is -0.387. The first-order chi connectivity index (χ1) is 7.91. The third-order valence-corrected chi connectivity index (χ3v) is 1.72. The Kier molecular flexibility index (Phi) is 3.72. The van der Waals surface area contributed by atoms with Gasteiger partial charge in [0.25, 0.3) is 0 Å². The molecule has 1 amide bonds. The van der Waals surface area contributed by atoms with E-state index in [1.807, 2.05) is 0 Å². The second-order valence-electron chi connectivity index (χ2n) is 2.99. The van der Waals surface area contributed by atoms with Crippen LogP contribution in [-0.2, 0) is 4.79 Å². The molecule has 0 atom stereocenters. The molecular weight excluding hydrogens is 234 g/mol. The molecule has 0 bridgehead atoms. The maximum absolute atomic E-state index is 13.2. The Labute approximate surface area is 94.4 Å². The minimum Gasteiger partial charge on any atom is -0.369 e. The van der Waals surface area contributed by atoms with Gasteiger partial charge in [0.2, 0.25) is 11.7 Å². The maximum Gasteiger partial charge on any atom is 0.307 e. The molecule has 5 nitrogen and oxygen atoms in total. The van der Waals surface area contributed by atoms with Gasteiger partial charge < -0.3 is 5.73 Å². The van der Waals surface area contributed by atoms with E-state index in [9.17, 15) is 23.7 Å². The van der Waals surface area contributed by atoms with Crippen LogP contribution in [0.3, 0.4) is 0 Å². The van der Waals surface area contributed by atoms with Crippen molar-refractivity contribution in [1.82, 2.24) is 0 Å². The van der Waals surface area contributed by atoms with Crippen LogP contribution in [0.2, 0.25) is 0 Å². The molecule has 7 heteroatoms. The molecule has 0 aliphatic heterocycles. The summed E-state index contributed by atoms with van der Waals surface area (Å²) < 4.78 is 26.3. The summed E-state index contributed by atoms with van der Waals surface area (Å²) in [6, 6.07) is 1.03. The Bertz CT molecular complexity index is 546. The summed E-state index contributed by atoms with van der Waals surface area (Å²) in [6.07, 6.45) is -0.307. The smallest absolute Gasteiger partial charge is 0.307 e. The van der Waals surface area contributed by atoms with Crippen molar-refractivity contribution in [2.24, 2.45) is 5.73 Å². The molecule has 1 aromatic rings. The molecule has 1 aromatic carbocycles. The minimum atomic E-state index is -1.19. The van der Waals surface area contributed by atoms with Crippen molar-refractivity contribution in [3.63, 3.8) is 0 Å². The van der Waals surface area contributed by atoms with Gasteiger partial charge in [-0.25, -0.2) is 4.39 Å². The Morgan fingerprint density at radius 1 is 1.41 bits per heavy atom. The molecule has 0 unspecified atom stereocenters. The first-order valence-electron chi connectivity index (χ1n) is 4.32. The number of rotatable bonds is 2. The number of carbonyl (C=O) groups is 1. The van der Waals surface area contributed by atoms with E-state index in [1.54, 1.807) is 0 Å². The number of nitrogens with two attached hydrogens (primary N) is 1. The molecular formula is C10H6F2N2O3. The normalized spacial score (nSPS) is 9.29. The highest BCUT2D eigenvalue weighted by molar-refractivity contribution is 5.76. The van der Waals surface area contributed by atoms with Gasteiger partial charge in [-0.05, 0) is 6.07 Å². The van der Waals surface area contributed by atoms with E-state index in [0.717, 1.165) is 0 Å². The molecule has 1 rings (SSSR count). The van der Waals surface area contributed by atoms with E-state index in [2.05, 4.69) is 11.8 Å². The van der Waals surface area contributed by atoms with E-state index in [0.29, 0.717) is 12.1 Å². The van der Waals surface area contributed by atoms with Crippen LogP contribution in [0.25, 0.3) is 0 Å². The Morgan fingerprint density at radius 2 is 2.06 bits per heavy atom. The maximum atomic E-state index is 13.2. The van der Waals surface area contributed by atoms with Crippen LogP contribution < -0.4 is 5.73 Å². The number of amides is 1. The summed E-state index contributed by atoms with van der Waals surface area (Å²) in [5.41, 5.74) is 3.45. The van der Waals surface area contributed by atoms with Crippen molar-refractivity contribution in [3.8, 4) is 11.8 Å². The van der Waals surface area contributed by atoms with Crippen LogP contribution in [0.1, 0.15) is 12.0 Å². The molecule has 17 heavy (non-hydrogen) atoms. The average Bonchev–Trinajstić information content (AvgIpc) is 2.21. The molecule has 0 saturated carbocycles. The lowest BCUT2D eigenvalue weighted by Crippen LogP contribution is -2.08. The zero-order valence-corrected chi connectivity index (χ0v) is 8.37. The van der Waals surface area contributed by atoms with Crippen LogP contribution in [-0.4, -0.2) is 10.8 Å². The van der Waals surface area contributed by atoms with E-state index in [4.69, 9.17) is 5.73 Å². The molecule has 0 saturated heterocycles. The highest BCUT2D eigenvalue weighted by atomic mass is 19.1. The molecule has 0 heterocycles. The highest BCUT2D eigenvalue weighted by Crippen LogP contribution is 2.20. The van der Waals surface area contributed by atoms with Crippen LogP contribution in [0.4, 0.5) is 14.5 Å². The lowest BCUT2D eigenvalue weighted by Gasteiger charge is -1.96. The largest absolute Gasteiger partial charge is 0.369 e. The fraction of sp³-hybridized carbons (Fsp3) is 0.100. The third-order valence-electron chi connectivity index (χ3n) is 1.72. The number of halogens is 2. The molecule has 88 valence electrons. The summed E-state index contributed by atoms with van der Waals surface area (Å²) in [7, 11) is 0. The second kappa shape index (κ2) is 5.03. The van der Waals surface area contributed by atoms with Gasteiger partial charge in [0.15, 0.2) is 0 Å². The van der Waals surface area contributed by atoms with Crippen molar-refractivity contribution in [1.29, 1.82) is 0 Å². The first kappa shape index (κ1) is 12.6. The van der Waals surface area contributed by atoms with Gasteiger partial charge in [-0.2, -0.15) is 4.39 Å². The molecule has 0 aliphatic carbocycles. The van der Waals surface area contributed by atoms with Crippen LogP contribution >= 0.6 is 0 Å². The summed E-state index contributed by atoms with van der Waals surface area (Å²) >= 11 is 0. The predicted molar refractivity (Wildman–Crippen MR) is 53.7 cm³/mol. The van der Waals surface area contributed by atoms with Crippen molar-refractivity contribution >= 4 is 11.6 Å². The molecule has 0 aromatic heterocycles. The number of hydrogen-bond donors (Lipinski definition) is 1. The molecule has 0 fully saturated rings. The summed E-state index contributed by atoms with van der Waals surface area (Å²) in [4.78, 5) is 19.6. The quantitative estimate of drug-likeness (QED) is 0.477. The average molecular weight is 240 g/mol. The number of benzene rings is 1. The highest BCUT2D eigenvalue weighted by Gasteiger charge is 2.17. The predicted octanol–water partition coefficient (Wildman–Crippen LogP) is 1.10. The SMILES string of the molecule is NC(=O)CC#Cc1cc(F)c([N+](=O)[O-])cc1F. The number of nitrogens with zero attached hydrogens (tertiary/aromatic N) is 1. The number of nitro benzene ring substituents is 1. The van der Waals surface area contributed by atoms with Crippen molar-refractivity contribution < 1.29 is 18.5 Å². The summed E-state index contributed by atoms with van der Waals surface area (Å²) in [6.45, 7) is 0. The fourth-order valence-corrected chi connectivity index (χ4v) is 0.999. The Morgan fingerprint density at radius 3 is 2.59 bits per heavy atom. The van der Waals surface area contributed by atoms with Crippen LogP contribution in [0, 0.1) is 33.6 Å². The number of hydrogen-bond acceptors (Lipinski definition) is 3. The van der Waals surface area contributed by atoms with Crippen LogP contribution in [0.15, 0.2) is 12.1 Å². The van der Waals surface area contributed by atoms with Crippen molar-refractivity contribution in [3.05, 3.63) is 39.4 Å². The number of carbonyl (C=O) groups excluding carboxylic acids is 1. The van der Waals surface area contributed by atoms with Gasteiger partial charge in [-0.3, -0.25) is 14.9 Å². The standard InChI is InChI=1S/C10H6F2N2O3/c11-7-5-9(14(16)17)8(12)4-6(7)2-1-3-10(13)15/h4-5H,3H2,(H2,13,15). The van der Waals surface area contributed by atoms with E-state index in [1.165, 1.54) is 0 Å². The van der Waals surface area contributed by atoms with Gasteiger partial charge in [-0.1, -0.05) is 11.8 Å². The fourth-order valence-electron chi connectivity index (χ4n) is 0.999. The van der Waals surface area contributed by atoms with E-state index >= 15 is 0 Å².